The van der Waals surface area contributed by atoms with Gasteiger partial charge in [0.2, 0.25) is 5.91 Å². The molecule has 106 valence electrons. The van der Waals surface area contributed by atoms with Crippen LogP contribution in [0.1, 0.15) is 18.4 Å². The third-order valence-electron chi connectivity index (χ3n) is 2.49. The van der Waals surface area contributed by atoms with E-state index in [1.165, 1.54) is 6.08 Å². The molecular formula is C14H16N2O4. The van der Waals surface area contributed by atoms with Crippen LogP contribution >= 0.6 is 0 Å². The van der Waals surface area contributed by atoms with Crippen LogP contribution < -0.4 is 11.1 Å². The number of benzene rings is 1. The largest absolute Gasteiger partial charge is 0.480 e. The van der Waals surface area contributed by atoms with E-state index in [4.69, 9.17) is 10.8 Å². The zero-order valence-electron chi connectivity index (χ0n) is 10.8. The SMILES string of the molecule is NC(CCC(=O)NC(=O)/C=C/c1ccccc1)C(=O)O. The van der Waals surface area contributed by atoms with Gasteiger partial charge in [-0.2, -0.15) is 0 Å². The zero-order valence-corrected chi connectivity index (χ0v) is 10.8. The van der Waals surface area contributed by atoms with Crippen molar-refractivity contribution in [3.05, 3.63) is 42.0 Å². The van der Waals surface area contributed by atoms with Gasteiger partial charge in [0.15, 0.2) is 0 Å². The van der Waals surface area contributed by atoms with Crippen LogP contribution in [0.2, 0.25) is 0 Å². The van der Waals surface area contributed by atoms with Crippen molar-refractivity contribution in [3.8, 4) is 0 Å². The Labute approximate surface area is 116 Å². The van der Waals surface area contributed by atoms with Crippen molar-refractivity contribution >= 4 is 23.9 Å². The summed E-state index contributed by atoms with van der Waals surface area (Å²) in [5.74, 6) is -2.28. The predicted molar refractivity (Wildman–Crippen MR) is 73.5 cm³/mol. The second kappa shape index (κ2) is 7.85. The number of imide groups is 1. The van der Waals surface area contributed by atoms with Gasteiger partial charge in [0.25, 0.3) is 5.91 Å². The second-order valence-corrected chi connectivity index (χ2v) is 4.14. The fourth-order valence-electron chi connectivity index (χ4n) is 1.39. The van der Waals surface area contributed by atoms with E-state index >= 15 is 0 Å². The molecule has 1 unspecified atom stereocenters. The molecule has 6 heteroatoms. The van der Waals surface area contributed by atoms with E-state index in [2.05, 4.69) is 5.32 Å². The Morgan fingerprint density at radius 3 is 2.50 bits per heavy atom. The highest BCUT2D eigenvalue weighted by atomic mass is 16.4. The molecule has 2 amide bonds. The lowest BCUT2D eigenvalue weighted by Crippen LogP contribution is -2.34. The fraction of sp³-hybridized carbons (Fsp3) is 0.214. The number of carboxylic acids is 1. The maximum absolute atomic E-state index is 11.4. The lowest BCUT2D eigenvalue weighted by Gasteiger charge is -2.05. The molecule has 4 N–H and O–H groups in total. The maximum atomic E-state index is 11.4. The van der Waals surface area contributed by atoms with Crippen LogP contribution in [0.15, 0.2) is 36.4 Å². The first-order valence-corrected chi connectivity index (χ1v) is 6.04. The van der Waals surface area contributed by atoms with E-state index < -0.39 is 23.8 Å². The van der Waals surface area contributed by atoms with E-state index in [1.54, 1.807) is 6.08 Å². The first kappa shape index (κ1) is 15.6. The monoisotopic (exact) mass is 276 g/mol. The Morgan fingerprint density at radius 1 is 1.25 bits per heavy atom. The maximum Gasteiger partial charge on any atom is 0.320 e. The number of carbonyl (C=O) groups is 3. The van der Waals surface area contributed by atoms with Crippen LogP contribution in [0, 0.1) is 0 Å². The molecule has 0 bridgehead atoms. The lowest BCUT2D eigenvalue weighted by molar-refractivity contribution is -0.138. The second-order valence-electron chi connectivity index (χ2n) is 4.14. The first-order chi connectivity index (χ1) is 9.49. The highest BCUT2D eigenvalue weighted by Gasteiger charge is 2.14. The minimum Gasteiger partial charge on any atom is -0.480 e. The number of carbonyl (C=O) groups excluding carboxylic acids is 2. The van der Waals surface area contributed by atoms with E-state index in [0.717, 1.165) is 5.56 Å². The molecule has 20 heavy (non-hydrogen) atoms. The molecule has 1 aromatic carbocycles. The summed E-state index contributed by atoms with van der Waals surface area (Å²) in [4.78, 5) is 33.3. The summed E-state index contributed by atoms with van der Waals surface area (Å²) in [6.45, 7) is 0. The van der Waals surface area contributed by atoms with Gasteiger partial charge in [-0.15, -0.1) is 0 Å². The van der Waals surface area contributed by atoms with Crippen LogP contribution in [0.4, 0.5) is 0 Å². The average molecular weight is 276 g/mol. The highest BCUT2D eigenvalue weighted by Crippen LogP contribution is 2.00. The minimum absolute atomic E-state index is 0.0170. The number of nitrogens with two attached hydrogens (primary N) is 1. The number of amides is 2. The molecular weight excluding hydrogens is 260 g/mol. The molecule has 0 aliphatic rings. The molecule has 1 atom stereocenters. The van der Waals surface area contributed by atoms with Crippen LogP contribution in [-0.4, -0.2) is 28.9 Å². The van der Waals surface area contributed by atoms with Gasteiger partial charge in [0.05, 0.1) is 0 Å². The molecule has 0 spiro atoms. The Kier molecular flexibility index (Phi) is 6.12. The summed E-state index contributed by atoms with van der Waals surface area (Å²) in [6.07, 6.45) is 2.69. The number of hydrogen-bond acceptors (Lipinski definition) is 4. The average Bonchev–Trinajstić information content (AvgIpc) is 2.43. The molecule has 0 aliphatic heterocycles. The zero-order chi connectivity index (χ0) is 15.0. The molecule has 0 aromatic heterocycles. The van der Waals surface area contributed by atoms with E-state index in [-0.39, 0.29) is 12.8 Å². The van der Waals surface area contributed by atoms with Crippen molar-refractivity contribution in [3.63, 3.8) is 0 Å². The van der Waals surface area contributed by atoms with Gasteiger partial charge < -0.3 is 10.8 Å². The van der Waals surface area contributed by atoms with Gasteiger partial charge in [-0.1, -0.05) is 30.3 Å². The van der Waals surface area contributed by atoms with Crippen LogP contribution in [-0.2, 0) is 14.4 Å². The Balaban J connectivity index is 2.37. The van der Waals surface area contributed by atoms with Gasteiger partial charge in [-0.3, -0.25) is 19.7 Å². The topological polar surface area (TPSA) is 109 Å². The summed E-state index contributed by atoms with van der Waals surface area (Å²) in [5, 5.41) is 10.7. The molecule has 0 radical (unpaired) electrons. The fourth-order valence-corrected chi connectivity index (χ4v) is 1.39. The summed E-state index contributed by atoms with van der Waals surface area (Å²) < 4.78 is 0. The summed E-state index contributed by atoms with van der Waals surface area (Å²) >= 11 is 0. The van der Waals surface area contributed by atoms with Crippen molar-refractivity contribution in [2.75, 3.05) is 0 Å². The molecule has 0 fully saturated rings. The lowest BCUT2D eigenvalue weighted by atomic mass is 10.1. The van der Waals surface area contributed by atoms with Gasteiger partial charge in [0, 0.05) is 12.5 Å². The van der Waals surface area contributed by atoms with E-state index in [0.29, 0.717) is 0 Å². The number of nitrogens with one attached hydrogen (secondary N) is 1. The normalized spacial score (nSPS) is 12.1. The Morgan fingerprint density at radius 2 is 1.90 bits per heavy atom. The van der Waals surface area contributed by atoms with Crippen molar-refractivity contribution in [2.45, 2.75) is 18.9 Å². The summed E-state index contributed by atoms with van der Waals surface area (Å²) in [6, 6.07) is 8.05. The first-order valence-electron chi connectivity index (χ1n) is 6.04. The summed E-state index contributed by atoms with van der Waals surface area (Å²) in [7, 11) is 0. The Hall–Kier alpha value is -2.47. The van der Waals surface area contributed by atoms with Crippen LogP contribution in [0.5, 0.6) is 0 Å². The quantitative estimate of drug-likeness (QED) is 0.657. The predicted octanol–water partition coefficient (Wildman–Crippen LogP) is 0.535. The molecule has 1 rings (SSSR count). The van der Waals surface area contributed by atoms with Gasteiger partial charge in [-0.25, -0.2) is 0 Å². The van der Waals surface area contributed by atoms with Crippen molar-refractivity contribution in [1.29, 1.82) is 0 Å². The number of rotatable bonds is 6. The van der Waals surface area contributed by atoms with Gasteiger partial charge >= 0.3 is 5.97 Å². The van der Waals surface area contributed by atoms with E-state index in [1.807, 2.05) is 30.3 Å². The molecule has 0 heterocycles. The third kappa shape index (κ3) is 5.92. The molecule has 0 aliphatic carbocycles. The van der Waals surface area contributed by atoms with Crippen LogP contribution in [0.3, 0.4) is 0 Å². The van der Waals surface area contributed by atoms with Crippen molar-refractivity contribution in [2.24, 2.45) is 5.73 Å². The molecule has 1 aromatic rings. The van der Waals surface area contributed by atoms with Crippen LogP contribution in [0.25, 0.3) is 6.08 Å². The number of hydrogen-bond donors (Lipinski definition) is 3. The standard InChI is InChI=1S/C14H16N2O4/c15-11(14(19)20)7-9-13(18)16-12(17)8-6-10-4-2-1-3-5-10/h1-6,8,11H,7,9,15H2,(H,19,20)(H,16,17,18)/b8-6+. The minimum atomic E-state index is -1.17. The number of carboxylic acid groups (broad SMARTS) is 1. The third-order valence-corrected chi connectivity index (χ3v) is 2.49. The summed E-state index contributed by atoms with van der Waals surface area (Å²) in [5.41, 5.74) is 6.09. The van der Waals surface area contributed by atoms with E-state index in [9.17, 15) is 14.4 Å². The Bertz CT molecular complexity index is 511. The molecule has 0 saturated carbocycles. The number of aliphatic carboxylic acids is 1. The molecule has 6 nitrogen and oxygen atoms in total. The smallest absolute Gasteiger partial charge is 0.320 e. The van der Waals surface area contributed by atoms with Gasteiger partial charge in [-0.05, 0) is 18.1 Å². The molecule has 0 saturated heterocycles. The van der Waals surface area contributed by atoms with Gasteiger partial charge in [0.1, 0.15) is 6.04 Å². The van der Waals surface area contributed by atoms with Crippen molar-refractivity contribution in [1.82, 2.24) is 5.32 Å². The van der Waals surface area contributed by atoms with Crippen molar-refractivity contribution < 1.29 is 19.5 Å². The highest BCUT2D eigenvalue weighted by molar-refractivity contribution is 6.02.